The number of nitrogens with one attached hydrogen (secondary N) is 2. The molecule has 2 N–H and O–H groups in total. The first kappa shape index (κ1) is 23.7. The predicted octanol–water partition coefficient (Wildman–Crippen LogP) is 3.45. The van der Waals surface area contributed by atoms with Crippen molar-refractivity contribution in [3.8, 4) is 0 Å². The molecule has 34 heavy (non-hydrogen) atoms. The number of sulfonamides is 1. The van der Waals surface area contributed by atoms with E-state index in [1.807, 2.05) is 36.4 Å². The van der Waals surface area contributed by atoms with Gasteiger partial charge in [-0.3, -0.25) is 9.59 Å². The lowest BCUT2D eigenvalue weighted by atomic mass is 10.0. The summed E-state index contributed by atoms with van der Waals surface area (Å²) in [4.78, 5) is 26.1. The van der Waals surface area contributed by atoms with Gasteiger partial charge in [-0.1, -0.05) is 54.6 Å². The highest BCUT2D eigenvalue weighted by molar-refractivity contribution is 7.89. The molecule has 0 aliphatic carbocycles. The molecule has 8 heteroatoms. The van der Waals surface area contributed by atoms with Crippen molar-refractivity contribution in [2.24, 2.45) is 0 Å². The molecule has 4 rings (SSSR count). The molecule has 1 aliphatic heterocycles. The number of carbonyl (C=O) groups is 2. The number of benzene rings is 3. The van der Waals surface area contributed by atoms with E-state index >= 15 is 0 Å². The lowest BCUT2D eigenvalue weighted by molar-refractivity contribution is -0.118. The zero-order valence-electron chi connectivity index (χ0n) is 18.7. The minimum Gasteiger partial charge on any atom is -0.340 e. The third kappa shape index (κ3) is 5.70. The molecule has 176 valence electrons. The fraction of sp³-hybridized carbons (Fsp3) is 0.231. The van der Waals surface area contributed by atoms with Crippen LogP contribution in [0.4, 0.5) is 5.69 Å². The first-order valence-corrected chi connectivity index (χ1v) is 12.7. The van der Waals surface area contributed by atoms with Crippen LogP contribution in [-0.2, 0) is 21.2 Å². The van der Waals surface area contributed by atoms with E-state index in [9.17, 15) is 18.0 Å². The van der Waals surface area contributed by atoms with Gasteiger partial charge in [-0.05, 0) is 48.7 Å². The molecular formula is C26H27N3O4S. The summed E-state index contributed by atoms with van der Waals surface area (Å²) in [5, 5.41) is 5.60. The van der Waals surface area contributed by atoms with E-state index in [1.54, 1.807) is 36.4 Å². The quantitative estimate of drug-likeness (QED) is 0.520. The van der Waals surface area contributed by atoms with E-state index in [4.69, 9.17) is 0 Å². The van der Waals surface area contributed by atoms with Gasteiger partial charge >= 0.3 is 0 Å². The molecule has 1 saturated heterocycles. The Hall–Kier alpha value is -3.49. The van der Waals surface area contributed by atoms with Crippen molar-refractivity contribution in [3.05, 3.63) is 96.1 Å². The maximum atomic E-state index is 13.2. The number of hydrogen-bond acceptors (Lipinski definition) is 4. The normalized spacial score (nSPS) is 14.9. The van der Waals surface area contributed by atoms with Gasteiger partial charge < -0.3 is 10.6 Å². The zero-order valence-corrected chi connectivity index (χ0v) is 19.5. The standard InChI is InChI=1S/C26H27N3O4S/c30-25(21-12-5-2-6-13-21)28-24(18-20-10-3-1-4-11-20)26(31)27-22-14-9-15-23(19-22)34(32,33)29-16-7-8-17-29/h1-6,9-15,19,24H,7-8,16-18H2,(H,27,31)(H,28,30)/t24-/m1/s1. The zero-order chi connectivity index (χ0) is 24.0. The van der Waals surface area contributed by atoms with E-state index < -0.39 is 22.0 Å². The van der Waals surface area contributed by atoms with Gasteiger partial charge in [0.25, 0.3) is 5.91 Å². The Morgan fingerprint density at radius 3 is 2.18 bits per heavy atom. The van der Waals surface area contributed by atoms with Crippen molar-refractivity contribution in [2.45, 2.75) is 30.2 Å². The molecule has 7 nitrogen and oxygen atoms in total. The fourth-order valence-corrected chi connectivity index (χ4v) is 5.49. The van der Waals surface area contributed by atoms with Crippen LogP contribution in [-0.4, -0.2) is 43.7 Å². The van der Waals surface area contributed by atoms with Gasteiger partial charge in [0.2, 0.25) is 15.9 Å². The molecule has 0 aromatic heterocycles. The van der Waals surface area contributed by atoms with Crippen LogP contribution in [0.2, 0.25) is 0 Å². The van der Waals surface area contributed by atoms with E-state index in [1.165, 1.54) is 16.4 Å². The average molecular weight is 478 g/mol. The van der Waals surface area contributed by atoms with Crippen LogP contribution >= 0.6 is 0 Å². The minimum absolute atomic E-state index is 0.139. The number of hydrogen-bond donors (Lipinski definition) is 2. The molecular weight excluding hydrogens is 450 g/mol. The summed E-state index contributed by atoms with van der Waals surface area (Å²) >= 11 is 0. The van der Waals surface area contributed by atoms with Crippen molar-refractivity contribution in [1.82, 2.24) is 9.62 Å². The first-order chi connectivity index (χ1) is 16.4. The van der Waals surface area contributed by atoms with E-state index in [0.717, 1.165) is 18.4 Å². The summed E-state index contributed by atoms with van der Waals surface area (Å²) in [6.45, 7) is 1.01. The molecule has 3 aromatic carbocycles. The van der Waals surface area contributed by atoms with Gasteiger partial charge in [-0.2, -0.15) is 4.31 Å². The molecule has 3 aromatic rings. The van der Waals surface area contributed by atoms with E-state index in [-0.39, 0.29) is 17.2 Å². The number of carbonyl (C=O) groups excluding carboxylic acids is 2. The van der Waals surface area contributed by atoms with Crippen LogP contribution in [0.15, 0.2) is 89.8 Å². The van der Waals surface area contributed by atoms with Gasteiger partial charge in [-0.25, -0.2) is 8.42 Å². The third-order valence-electron chi connectivity index (χ3n) is 5.74. The highest BCUT2D eigenvalue weighted by atomic mass is 32.2. The third-order valence-corrected chi connectivity index (χ3v) is 7.64. The van der Waals surface area contributed by atoms with E-state index in [0.29, 0.717) is 24.3 Å². The Morgan fingerprint density at radius 2 is 1.50 bits per heavy atom. The molecule has 0 spiro atoms. The van der Waals surface area contributed by atoms with Crippen LogP contribution < -0.4 is 10.6 Å². The van der Waals surface area contributed by atoms with E-state index in [2.05, 4.69) is 10.6 Å². The molecule has 1 heterocycles. The summed E-state index contributed by atoms with van der Waals surface area (Å²) in [6.07, 6.45) is 1.98. The smallest absolute Gasteiger partial charge is 0.251 e. The lowest BCUT2D eigenvalue weighted by Crippen LogP contribution is -2.45. The molecule has 2 amide bonds. The van der Waals surface area contributed by atoms with Crippen molar-refractivity contribution < 1.29 is 18.0 Å². The molecule has 0 unspecified atom stereocenters. The van der Waals surface area contributed by atoms with Crippen molar-refractivity contribution in [1.29, 1.82) is 0 Å². The maximum Gasteiger partial charge on any atom is 0.251 e. The van der Waals surface area contributed by atoms with Crippen LogP contribution in [0.1, 0.15) is 28.8 Å². The molecule has 1 atom stereocenters. The molecule has 0 radical (unpaired) electrons. The van der Waals surface area contributed by atoms with Gasteiger partial charge in [0.1, 0.15) is 6.04 Å². The summed E-state index contributed by atoms with van der Waals surface area (Å²) in [6, 6.07) is 23.5. The number of anilines is 1. The van der Waals surface area contributed by atoms with Crippen LogP contribution in [0, 0.1) is 0 Å². The van der Waals surface area contributed by atoms with Crippen molar-refractivity contribution >= 4 is 27.5 Å². The van der Waals surface area contributed by atoms with Crippen LogP contribution in [0.3, 0.4) is 0 Å². The monoisotopic (exact) mass is 477 g/mol. The topological polar surface area (TPSA) is 95.6 Å². The Morgan fingerprint density at radius 1 is 0.853 bits per heavy atom. The molecule has 0 saturated carbocycles. The second-order valence-electron chi connectivity index (χ2n) is 8.21. The van der Waals surface area contributed by atoms with Crippen LogP contribution in [0.25, 0.3) is 0 Å². The summed E-state index contributed by atoms with van der Waals surface area (Å²) in [5.74, 6) is -0.786. The maximum absolute atomic E-state index is 13.2. The number of rotatable bonds is 8. The number of nitrogens with zero attached hydrogens (tertiary/aromatic N) is 1. The lowest BCUT2D eigenvalue weighted by Gasteiger charge is -2.20. The Bertz CT molecular complexity index is 1240. The average Bonchev–Trinajstić information content (AvgIpc) is 3.41. The van der Waals surface area contributed by atoms with Gasteiger partial charge in [-0.15, -0.1) is 0 Å². The molecule has 0 bridgehead atoms. The largest absolute Gasteiger partial charge is 0.340 e. The summed E-state index contributed by atoms with van der Waals surface area (Å²) < 4.78 is 27.3. The molecule has 1 aliphatic rings. The minimum atomic E-state index is -3.61. The first-order valence-electron chi connectivity index (χ1n) is 11.2. The summed E-state index contributed by atoms with van der Waals surface area (Å²) in [5.41, 5.74) is 1.70. The highest BCUT2D eigenvalue weighted by Crippen LogP contribution is 2.23. The fourth-order valence-electron chi connectivity index (χ4n) is 3.93. The number of amides is 2. The van der Waals surface area contributed by atoms with Crippen LogP contribution in [0.5, 0.6) is 0 Å². The second-order valence-corrected chi connectivity index (χ2v) is 10.1. The highest BCUT2D eigenvalue weighted by Gasteiger charge is 2.28. The Balaban J connectivity index is 1.53. The van der Waals surface area contributed by atoms with Gasteiger partial charge in [0.15, 0.2) is 0 Å². The predicted molar refractivity (Wildman–Crippen MR) is 131 cm³/mol. The summed E-state index contributed by atoms with van der Waals surface area (Å²) in [7, 11) is -3.61. The Labute approximate surface area is 199 Å². The second kappa shape index (κ2) is 10.6. The SMILES string of the molecule is O=C(N[C@H](Cc1ccccc1)C(=O)Nc1cccc(S(=O)(=O)N2CCCC2)c1)c1ccccc1. The van der Waals surface area contributed by atoms with Gasteiger partial charge in [0.05, 0.1) is 4.90 Å². The Kier molecular flexibility index (Phi) is 7.40. The van der Waals surface area contributed by atoms with Gasteiger partial charge in [0, 0.05) is 30.8 Å². The van der Waals surface area contributed by atoms with Crippen molar-refractivity contribution in [2.75, 3.05) is 18.4 Å². The molecule has 1 fully saturated rings. The van der Waals surface area contributed by atoms with Crippen molar-refractivity contribution in [3.63, 3.8) is 0 Å².